The van der Waals surface area contributed by atoms with Gasteiger partial charge < -0.3 is 14.8 Å². The van der Waals surface area contributed by atoms with E-state index < -0.39 is 0 Å². The van der Waals surface area contributed by atoms with Crippen molar-refractivity contribution in [2.45, 2.75) is 6.92 Å². The zero-order chi connectivity index (χ0) is 19.5. The van der Waals surface area contributed by atoms with Gasteiger partial charge in [-0.2, -0.15) is 5.10 Å². The molecule has 28 heavy (non-hydrogen) atoms. The quantitative estimate of drug-likeness (QED) is 0.571. The third kappa shape index (κ3) is 3.58. The number of aromatic nitrogens is 5. The van der Waals surface area contributed by atoms with E-state index in [-0.39, 0.29) is 5.91 Å². The van der Waals surface area contributed by atoms with Crippen LogP contribution in [0.2, 0.25) is 0 Å². The molecular formula is C19H16N6O3. The lowest BCUT2D eigenvalue weighted by molar-refractivity contribution is 0.102. The van der Waals surface area contributed by atoms with Crippen LogP contribution in [0.3, 0.4) is 0 Å². The van der Waals surface area contributed by atoms with E-state index in [1.807, 2.05) is 13.0 Å². The number of methoxy groups -OCH3 is 1. The molecule has 0 saturated heterocycles. The second kappa shape index (κ2) is 7.31. The van der Waals surface area contributed by atoms with Crippen LogP contribution in [0.25, 0.3) is 5.65 Å². The molecule has 0 aliphatic rings. The molecule has 0 bridgehead atoms. The van der Waals surface area contributed by atoms with Crippen molar-refractivity contribution >= 4 is 17.4 Å². The average molecular weight is 376 g/mol. The van der Waals surface area contributed by atoms with Crippen molar-refractivity contribution in [3.63, 3.8) is 0 Å². The molecular weight excluding hydrogens is 360 g/mol. The van der Waals surface area contributed by atoms with Gasteiger partial charge in [-0.15, -0.1) is 0 Å². The molecule has 0 aromatic carbocycles. The van der Waals surface area contributed by atoms with Crippen molar-refractivity contribution in [1.29, 1.82) is 0 Å². The fourth-order valence-corrected chi connectivity index (χ4v) is 2.60. The molecule has 9 nitrogen and oxygen atoms in total. The molecule has 140 valence electrons. The standard InChI is InChI=1S/C19H16N6O3/c1-12-5-14(8-20-7-12)28-15-6-16(18-22-11-23-25(18)10-15)19(26)24-17-4-3-13(27-2)9-21-17/h3-11H,1-2H3,(H,21,24,26). The molecule has 0 unspecified atom stereocenters. The van der Waals surface area contributed by atoms with Gasteiger partial charge >= 0.3 is 0 Å². The minimum Gasteiger partial charge on any atom is -0.495 e. The van der Waals surface area contributed by atoms with Crippen LogP contribution in [-0.4, -0.2) is 37.6 Å². The topological polar surface area (TPSA) is 104 Å². The Morgan fingerprint density at radius 2 is 1.96 bits per heavy atom. The van der Waals surface area contributed by atoms with E-state index in [2.05, 4.69) is 25.4 Å². The van der Waals surface area contributed by atoms with Crippen LogP contribution in [0.5, 0.6) is 17.2 Å². The average Bonchev–Trinajstić information content (AvgIpc) is 3.16. The molecule has 0 aliphatic carbocycles. The highest BCUT2D eigenvalue weighted by Gasteiger charge is 2.16. The van der Waals surface area contributed by atoms with Gasteiger partial charge in [-0.1, -0.05) is 0 Å². The highest BCUT2D eigenvalue weighted by atomic mass is 16.5. The molecule has 0 saturated carbocycles. The Labute approximate surface area is 160 Å². The molecule has 4 rings (SSSR count). The SMILES string of the molecule is COc1ccc(NC(=O)c2cc(Oc3cncc(C)c3)cn3ncnc23)nc1. The lowest BCUT2D eigenvalue weighted by atomic mass is 10.2. The van der Waals surface area contributed by atoms with E-state index in [1.165, 1.54) is 17.0 Å². The van der Waals surface area contributed by atoms with Crippen molar-refractivity contribution in [1.82, 2.24) is 24.6 Å². The first kappa shape index (κ1) is 17.4. The number of carbonyl (C=O) groups is 1. The Morgan fingerprint density at radius 3 is 2.71 bits per heavy atom. The Hall–Kier alpha value is -4.01. The first-order valence-electron chi connectivity index (χ1n) is 8.36. The van der Waals surface area contributed by atoms with E-state index in [9.17, 15) is 4.79 Å². The molecule has 0 atom stereocenters. The van der Waals surface area contributed by atoms with Gasteiger partial charge in [0.15, 0.2) is 5.65 Å². The molecule has 0 aliphatic heterocycles. The summed E-state index contributed by atoms with van der Waals surface area (Å²) < 4.78 is 12.4. The molecule has 1 N–H and O–H groups in total. The number of pyridine rings is 3. The fourth-order valence-electron chi connectivity index (χ4n) is 2.60. The predicted octanol–water partition coefficient (Wildman–Crippen LogP) is 2.88. The van der Waals surface area contributed by atoms with Crippen LogP contribution in [0, 0.1) is 6.92 Å². The summed E-state index contributed by atoms with van der Waals surface area (Å²) in [5, 5.41) is 6.85. The normalized spacial score (nSPS) is 10.6. The van der Waals surface area contributed by atoms with Gasteiger partial charge in [-0.05, 0) is 36.8 Å². The maximum atomic E-state index is 12.8. The zero-order valence-electron chi connectivity index (χ0n) is 15.2. The van der Waals surface area contributed by atoms with Crippen LogP contribution >= 0.6 is 0 Å². The molecule has 4 aromatic rings. The van der Waals surface area contributed by atoms with Crippen LogP contribution in [0.1, 0.15) is 15.9 Å². The summed E-state index contributed by atoms with van der Waals surface area (Å²) in [4.78, 5) is 25.2. The smallest absolute Gasteiger partial charge is 0.260 e. The number of anilines is 1. The summed E-state index contributed by atoms with van der Waals surface area (Å²) in [6.45, 7) is 1.92. The van der Waals surface area contributed by atoms with E-state index in [1.54, 1.807) is 43.9 Å². The Kier molecular flexibility index (Phi) is 4.55. The monoisotopic (exact) mass is 376 g/mol. The maximum absolute atomic E-state index is 12.8. The van der Waals surface area contributed by atoms with Crippen LogP contribution in [0.15, 0.2) is 55.4 Å². The van der Waals surface area contributed by atoms with Crippen molar-refractivity contribution < 1.29 is 14.3 Å². The Balaban J connectivity index is 1.65. The summed E-state index contributed by atoms with van der Waals surface area (Å²) in [6.07, 6.45) is 7.86. The molecule has 0 radical (unpaired) electrons. The number of amides is 1. The van der Waals surface area contributed by atoms with Crippen molar-refractivity contribution in [3.05, 3.63) is 66.5 Å². The van der Waals surface area contributed by atoms with E-state index in [4.69, 9.17) is 9.47 Å². The number of rotatable bonds is 5. The number of hydrogen-bond donors (Lipinski definition) is 1. The van der Waals surface area contributed by atoms with E-state index in [0.717, 1.165) is 5.56 Å². The van der Waals surface area contributed by atoms with Gasteiger partial charge in [0, 0.05) is 6.20 Å². The highest BCUT2D eigenvalue weighted by molar-refractivity contribution is 6.08. The number of nitrogens with one attached hydrogen (secondary N) is 1. The molecule has 9 heteroatoms. The zero-order valence-corrected chi connectivity index (χ0v) is 15.2. The molecule has 4 heterocycles. The van der Waals surface area contributed by atoms with Gasteiger partial charge in [0.05, 0.1) is 31.3 Å². The molecule has 0 fully saturated rings. The molecule has 4 aromatic heterocycles. The van der Waals surface area contributed by atoms with Crippen LogP contribution in [0.4, 0.5) is 5.82 Å². The number of ether oxygens (including phenoxy) is 2. The summed E-state index contributed by atoms with van der Waals surface area (Å²) in [5.41, 5.74) is 1.66. The predicted molar refractivity (Wildman–Crippen MR) is 101 cm³/mol. The number of fused-ring (bicyclic) bond motifs is 1. The second-order valence-corrected chi connectivity index (χ2v) is 5.96. The number of hydrogen-bond acceptors (Lipinski definition) is 7. The van der Waals surface area contributed by atoms with Crippen molar-refractivity contribution in [2.24, 2.45) is 0 Å². The van der Waals surface area contributed by atoms with Gasteiger partial charge in [-0.25, -0.2) is 14.5 Å². The Bertz CT molecular complexity index is 1140. The lowest BCUT2D eigenvalue weighted by Gasteiger charge is -2.10. The van der Waals surface area contributed by atoms with Crippen LogP contribution < -0.4 is 14.8 Å². The van der Waals surface area contributed by atoms with Crippen LogP contribution in [-0.2, 0) is 0 Å². The number of aryl methyl sites for hydroxylation is 1. The summed E-state index contributed by atoms with van der Waals surface area (Å²) in [5.74, 6) is 1.59. The van der Waals surface area contributed by atoms with Crippen molar-refractivity contribution in [3.8, 4) is 17.2 Å². The third-order valence-corrected chi connectivity index (χ3v) is 3.89. The molecule has 0 spiro atoms. The third-order valence-electron chi connectivity index (χ3n) is 3.89. The Morgan fingerprint density at radius 1 is 1.07 bits per heavy atom. The lowest BCUT2D eigenvalue weighted by Crippen LogP contribution is -2.14. The minimum absolute atomic E-state index is 0.299. The summed E-state index contributed by atoms with van der Waals surface area (Å²) >= 11 is 0. The summed E-state index contributed by atoms with van der Waals surface area (Å²) in [6, 6.07) is 6.81. The fraction of sp³-hybridized carbons (Fsp3) is 0.105. The largest absolute Gasteiger partial charge is 0.495 e. The first-order chi connectivity index (χ1) is 13.6. The highest BCUT2D eigenvalue weighted by Crippen LogP contribution is 2.24. The maximum Gasteiger partial charge on any atom is 0.260 e. The van der Waals surface area contributed by atoms with Gasteiger partial charge in [-0.3, -0.25) is 9.78 Å². The second-order valence-electron chi connectivity index (χ2n) is 5.96. The first-order valence-corrected chi connectivity index (χ1v) is 8.36. The number of nitrogens with zero attached hydrogens (tertiary/aromatic N) is 5. The van der Waals surface area contributed by atoms with Gasteiger partial charge in [0.25, 0.3) is 5.91 Å². The number of carbonyl (C=O) groups excluding carboxylic acids is 1. The summed E-state index contributed by atoms with van der Waals surface area (Å²) in [7, 11) is 1.55. The van der Waals surface area contributed by atoms with Gasteiger partial charge in [0.1, 0.15) is 29.4 Å². The van der Waals surface area contributed by atoms with E-state index in [0.29, 0.717) is 34.3 Å². The van der Waals surface area contributed by atoms with Crippen molar-refractivity contribution in [2.75, 3.05) is 12.4 Å². The molecule has 1 amide bonds. The van der Waals surface area contributed by atoms with Gasteiger partial charge in [0.2, 0.25) is 0 Å². The van der Waals surface area contributed by atoms with E-state index >= 15 is 0 Å². The minimum atomic E-state index is -0.386.